The molecule has 3 aromatic rings. The summed E-state index contributed by atoms with van der Waals surface area (Å²) in [4.78, 5) is 24.8. The molecule has 0 bridgehead atoms. The maximum absolute atomic E-state index is 12.4. The normalized spacial score (nSPS) is 12.0. The Morgan fingerprint density at radius 1 is 1.16 bits per heavy atom. The quantitative estimate of drug-likeness (QED) is 0.753. The molecule has 2 aromatic heterocycles. The zero-order chi connectivity index (χ0) is 17.2. The summed E-state index contributed by atoms with van der Waals surface area (Å²) in [6.45, 7) is 0.185. The van der Waals surface area contributed by atoms with Crippen molar-refractivity contribution >= 4 is 17.4 Å². The van der Waals surface area contributed by atoms with E-state index in [0.29, 0.717) is 22.9 Å². The number of hydrogen-bond donors (Lipinski definition) is 2. The van der Waals surface area contributed by atoms with Gasteiger partial charge in [0.15, 0.2) is 23.0 Å². The lowest BCUT2D eigenvalue weighted by molar-refractivity contribution is 0.102. The van der Waals surface area contributed by atoms with Gasteiger partial charge in [-0.3, -0.25) is 9.78 Å². The molecule has 3 N–H and O–H groups in total. The fraction of sp³-hybridized carbons (Fsp3) is 0.0588. The molecule has 0 unspecified atom stereocenters. The van der Waals surface area contributed by atoms with E-state index in [1.165, 1.54) is 12.4 Å². The molecule has 0 atom stereocenters. The Bertz CT molecular complexity index is 946. The molecule has 0 fully saturated rings. The first kappa shape index (κ1) is 14.9. The predicted octanol–water partition coefficient (Wildman–Crippen LogP) is 2.10. The molecule has 1 aromatic carbocycles. The number of pyridine rings is 1. The lowest BCUT2D eigenvalue weighted by atomic mass is 10.1. The molecule has 1 aliphatic rings. The zero-order valence-corrected chi connectivity index (χ0v) is 13.0. The average molecular weight is 335 g/mol. The summed E-state index contributed by atoms with van der Waals surface area (Å²) in [7, 11) is 0. The molecule has 8 heteroatoms. The molecule has 25 heavy (non-hydrogen) atoms. The Morgan fingerprint density at radius 2 is 2.04 bits per heavy atom. The van der Waals surface area contributed by atoms with Gasteiger partial charge in [-0.2, -0.15) is 0 Å². The van der Waals surface area contributed by atoms with Gasteiger partial charge in [-0.1, -0.05) is 0 Å². The minimum absolute atomic E-state index is 0.0408. The van der Waals surface area contributed by atoms with Gasteiger partial charge in [-0.05, 0) is 30.3 Å². The van der Waals surface area contributed by atoms with Crippen molar-refractivity contribution in [1.29, 1.82) is 0 Å². The number of benzene rings is 1. The van der Waals surface area contributed by atoms with Crippen LogP contribution in [0.15, 0.2) is 48.9 Å². The summed E-state index contributed by atoms with van der Waals surface area (Å²) >= 11 is 0. The van der Waals surface area contributed by atoms with Crippen molar-refractivity contribution in [2.24, 2.45) is 0 Å². The van der Waals surface area contributed by atoms with E-state index in [-0.39, 0.29) is 18.3 Å². The summed E-state index contributed by atoms with van der Waals surface area (Å²) in [5.41, 5.74) is 7.65. The van der Waals surface area contributed by atoms with Crippen LogP contribution in [0, 0.1) is 0 Å². The predicted molar refractivity (Wildman–Crippen MR) is 90.2 cm³/mol. The molecule has 3 heterocycles. The molecule has 0 radical (unpaired) electrons. The van der Waals surface area contributed by atoms with E-state index in [0.717, 1.165) is 5.56 Å². The minimum atomic E-state index is -0.458. The maximum atomic E-state index is 12.4. The molecule has 4 rings (SSSR count). The van der Waals surface area contributed by atoms with Crippen molar-refractivity contribution in [3.8, 4) is 22.8 Å². The lowest BCUT2D eigenvalue weighted by Gasteiger charge is -2.08. The van der Waals surface area contributed by atoms with Crippen molar-refractivity contribution in [3.05, 3.63) is 54.6 Å². The molecular weight excluding hydrogens is 322 g/mol. The van der Waals surface area contributed by atoms with E-state index < -0.39 is 5.91 Å². The second-order valence-electron chi connectivity index (χ2n) is 5.25. The van der Waals surface area contributed by atoms with E-state index >= 15 is 0 Å². The average Bonchev–Trinajstić information content (AvgIpc) is 3.10. The van der Waals surface area contributed by atoms with Crippen LogP contribution in [0.1, 0.15) is 10.5 Å². The number of ether oxygens (including phenoxy) is 2. The van der Waals surface area contributed by atoms with Crippen LogP contribution in [-0.2, 0) is 0 Å². The number of carbonyl (C=O) groups is 1. The van der Waals surface area contributed by atoms with Crippen LogP contribution in [-0.4, -0.2) is 27.7 Å². The van der Waals surface area contributed by atoms with Crippen LogP contribution < -0.4 is 20.5 Å². The summed E-state index contributed by atoms with van der Waals surface area (Å²) in [5.74, 6) is 0.880. The largest absolute Gasteiger partial charge is 0.454 e. The molecule has 0 saturated heterocycles. The van der Waals surface area contributed by atoms with E-state index in [9.17, 15) is 4.79 Å². The van der Waals surface area contributed by atoms with Crippen LogP contribution in [0.4, 0.5) is 11.5 Å². The van der Waals surface area contributed by atoms with Crippen molar-refractivity contribution in [1.82, 2.24) is 15.0 Å². The minimum Gasteiger partial charge on any atom is -0.454 e. The Kier molecular flexibility index (Phi) is 3.62. The molecule has 0 spiro atoms. The van der Waals surface area contributed by atoms with Crippen LogP contribution in [0.5, 0.6) is 11.5 Å². The number of nitrogens with one attached hydrogen (secondary N) is 1. The number of fused-ring (bicyclic) bond motifs is 1. The first-order chi connectivity index (χ1) is 12.2. The zero-order valence-electron chi connectivity index (χ0n) is 13.0. The molecule has 0 saturated carbocycles. The van der Waals surface area contributed by atoms with Gasteiger partial charge in [0.1, 0.15) is 0 Å². The fourth-order valence-electron chi connectivity index (χ4n) is 2.39. The summed E-state index contributed by atoms with van der Waals surface area (Å²) in [6, 6.07) is 8.82. The highest BCUT2D eigenvalue weighted by Crippen LogP contribution is 2.35. The highest BCUT2D eigenvalue weighted by atomic mass is 16.7. The van der Waals surface area contributed by atoms with E-state index in [2.05, 4.69) is 20.3 Å². The second-order valence-corrected chi connectivity index (χ2v) is 5.25. The SMILES string of the molecule is Nc1ncc(-c2ccc3c(c2)OCO3)nc1C(=O)Nc1cccnc1. The van der Waals surface area contributed by atoms with Crippen molar-refractivity contribution in [2.75, 3.05) is 17.8 Å². The van der Waals surface area contributed by atoms with Crippen LogP contribution in [0.3, 0.4) is 0 Å². The lowest BCUT2D eigenvalue weighted by Crippen LogP contribution is -2.17. The van der Waals surface area contributed by atoms with Crippen LogP contribution in [0.25, 0.3) is 11.3 Å². The van der Waals surface area contributed by atoms with E-state index in [4.69, 9.17) is 15.2 Å². The highest BCUT2D eigenvalue weighted by Gasteiger charge is 2.18. The standard InChI is InChI=1S/C17H13N5O3/c18-16-15(17(23)21-11-2-1-5-19-7-11)22-12(8-20-16)10-3-4-13-14(6-10)25-9-24-13/h1-8H,9H2,(H2,18,20)(H,21,23). The van der Waals surface area contributed by atoms with Crippen LogP contribution >= 0.6 is 0 Å². The third kappa shape index (κ3) is 2.92. The molecular formula is C17H13N5O3. The van der Waals surface area contributed by atoms with Crippen molar-refractivity contribution < 1.29 is 14.3 Å². The Balaban J connectivity index is 1.65. The maximum Gasteiger partial charge on any atom is 0.278 e. The first-order valence-electron chi connectivity index (χ1n) is 7.44. The highest BCUT2D eigenvalue weighted by molar-refractivity contribution is 6.05. The summed E-state index contributed by atoms with van der Waals surface area (Å²) in [6.07, 6.45) is 4.65. The Hall–Kier alpha value is -3.68. The number of nitrogens with zero attached hydrogens (tertiary/aromatic N) is 3. The van der Waals surface area contributed by atoms with Crippen molar-refractivity contribution in [3.63, 3.8) is 0 Å². The number of hydrogen-bond acceptors (Lipinski definition) is 7. The van der Waals surface area contributed by atoms with E-state index in [1.807, 2.05) is 6.07 Å². The number of anilines is 2. The van der Waals surface area contributed by atoms with E-state index in [1.54, 1.807) is 30.5 Å². The van der Waals surface area contributed by atoms with Gasteiger partial charge in [-0.25, -0.2) is 9.97 Å². The molecule has 0 aliphatic carbocycles. The Labute approximate surface area is 142 Å². The number of carbonyl (C=O) groups excluding carboxylic acids is 1. The smallest absolute Gasteiger partial charge is 0.278 e. The van der Waals surface area contributed by atoms with Crippen molar-refractivity contribution in [2.45, 2.75) is 0 Å². The van der Waals surface area contributed by atoms with Gasteiger partial charge in [0.2, 0.25) is 6.79 Å². The molecule has 1 amide bonds. The number of nitrogens with two attached hydrogens (primary N) is 1. The monoisotopic (exact) mass is 335 g/mol. The fourth-order valence-corrected chi connectivity index (χ4v) is 2.39. The number of nitrogen functional groups attached to an aromatic ring is 1. The molecule has 124 valence electrons. The molecule has 1 aliphatic heterocycles. The second kappa shape index (κ2) is 6.08. The number of amides is 1. The third-order valence-electron chi connectivity index (χ3n) is 3.60. The van der Waals surface area contributed by atoms with Crippen LogP contribution in [0.2, 0.25) is 0 Å². The topological polar surface area (TPSA) is 112 Å². The summed E-state index contributed by atoms with van der Waals surface area (Å²) in [5, 5.41) is 2.69. The van der Waals surface area contributed by atoms with Gasteiger partial charge >= 0.3 is 0 Å². The summed E-state index contributed by atoms with van der Waals surface area (Å²) < 4.78 is 10.6. The third-order valence-corrected chi connectivity index (χ3v) is 3.60. The van der Waals surface area contributed by atoms with Gasteiger partial charge < -0.3 is 20.5 Å². The Morgan fingerprint density at radius 3 is 2.88 bits per heavy atom. The number of rotatable bonds is 3. The number of aromatic nitrogens is 3. The first-order valence-corrected chi connectivity index (χ1v) is 7.44. The van der Waals surface area contributed by atoms with Gasteiger partial charge in [0, 0.05) is 11.8 Å². The van der Waals surface area contributed by atoms with Gasteiger partial charge in [-0.15, -0.1) is 0 Å². The molecule has 8 nitrogen and oxygen atoms in total. The van der Waals surface area contributed by atoms with Gasteiger partial charge in [0.25, 0.3) is 5.91 Å². The van der Waals surface area contributed by atoms with Gasteiger partial charge in [0.05, 0.1) is 23.8 Å².